The molecule has 6 rings (SSSR count). The van der Waals surface area contributed by atoms with Crippen LogP contribution in [0.3, 0.4) is 0 Å². The van der Waals surface area contributed by atoms with Crippen molar-refractivity contribution in [1.82, 2.24) is 23.9 Å². The normalized spacial score (nSPS) is 19.2. The monoisotopic (exact) mass is 612 g/mol. The van der Waals surface area contributed by atoms with E-state index in [1.807, 2.05) is 30.0 Å². The van der Waals surface area contributed by atoms with E-state index in [4.69, 9.17) is 4.74 Å². The van der Waals surface area contributed by atoms with Gasteiger partial charge in [0.15, 0.2) is 5.65 Å². The molecule has 5 heterocycles. The van der Waals surface area contributed by atoms with Crippen molar-refractivity contribution < 1.29 is 31.8 Å². The molecule has 4 aromatic rings. The fourth-order valence-electron chi connectivity index (χ4n) is 6.00. The van der Waals surface area contributed by atoms with E-state index in [1.165, 1.54) is 14.9 Å². The van der Waals surface area contributed by atoms with Gasteiger partial charge in [0.2, 0.25) is 15.8 Å². The Morgan fingerprint density at radius 2 is 2.00 bits per heavy atom. The van der Waals surface area contributed by atoms with E-state index in [1.54, 1.807) is 31.3 Å². The first-order chi connectivity index (χ1) is 20.6. The molecule has 0 bridgehead atoms. The average molecular weight is 613 g/mol. The van der Waals surface area contributed by atoms with Crippen molar-refractivity contribution in [2.45, 2.75) is 50.1 Å². The molecular formula is C29H30F2N6O5S. The van der Waals surface area contributed by atoms with Gasteiger partial charge in [-0.25, -0.2) is 22.2 Å². The summed E-state index contributed by atoms with van der Waals surface area (Å²) in [4.78, 5) is 18.6. The van der Waals surface area contributed by atoms with E-state index in [2.05, 4.69) is 15.2 Å². The zero-order chi connectivity index (χ0) is 30.5. The maximum atomic E-state index is 14.0. The molecule has 1 saturated heterocycles. The number of hydrogen-bond donors (Lipinski definition) is 1. The highest BCUT2D eigenvalue weighted by Crippen LogP contribution is 2.36. The SMILES string of the molecule is Cc1ccc([C@H](CC(=O)O)c2ccn3c(C(F)F)nnc3c2C)cc1CN1C[C@@H]2COCCN2c2ncccc2S1(=O)=O. The van der Waals surface area contributed by atoms with Crippen LogP contribution in [0.25, 0.3) is 5.65 Å². The first-order valence-corrected chi connectivity index (χ1v) is 15.2. The Labute approximate surface area is 246 Å². The first-order valence-electron chi connectivity index (χ1n) is 13.8. The lowest BCUT2D eigenvalue weighted by atomic mass is 9.85. The second kappa shape index (κ2) is 11.2. The molecule has 0 unspecified atom stereocenters. The van der Waals surface area contributed by atoms with Crippen LogP contribution in [0.5, 0.6) is 0 Å². The zero-order valence-electron chi connectivity index (χ0n) is 23.5. The Morgan fingerprint density at radius 3 is 2.77 bits per heavy atom. The summed E-state index contributed by atoms with van der Waals surface area (Å²) in [5.74, 6) is -1.77. The van der Waals surface area contributed by atoms with E-state index in [0.717, 1.165) is 5.56 Å². The number of fused-ring (bicyclic) bond motifs is 4. The molecule has 1 N–H and O–H groups in total. The van der Waals surface area contributed by atoms with Gasteiger partial charge >= 0.3 is 5.97 Å². The predicted octanol–water partition coefficient (Wildman–Crippen LogP) is 3.70. The third-order valence-electron chi connectivity index (χ3n) is 8.25. The molecule has 2 atom stereocenters. The summed E-state index contributed by atoms with van der Waals surface area (Å²) in [6.45, 7) is 5.18. The van der Waals surface area contributed by atoms with Crippen LogP contribution in [0.1, 0.15) is 52.4 Å². The molecule has 1 aromatic carbocycles. The van der Waals surface area contributed by atoms with Crippen LogP contribution in [0.2, 0.25) is 0 Å². The molecule has 0 amide bonds. The lowest BCUT2D eigenvalue weighted by Gasteiger charge is -2.36. The maximum absolute atomic E-state index is 14.0. The molecule has 1 fully saturated rings. The van der Waals surface area contributed by atoms with Crippen LogP contribution in [-0.2, 0) is 26.1 Å². The molecule has 0 saturated carbocycles. The molecule has 226 valence electrons. The number of pyridine rings is 2. The summed E-state index contributed by atoms with van der Waals surface area (Å²) >= 11 is 0. The quantitative estimate of drug-likeness (QED) is 0.332. The number of carboxylic acid groups (broad SMARTS) is 1. The van der Waals surface area contributed by atoms with Gasteiger partial charge < -0.3 is 14.7 Å². The number of sulfonamides is 1. The average Bonchev–Trinajstić information content (AvgIpc) is 3.39. The minimum Gasteiger partial charge on any atom is -0.481 e. The van der Waals surface area contributed by atoms with Crippen LogP contribution < -0.4 is 4.90 Å². The number of anilines is 1. The molecule has 0 radical (unpaired) electrons. The summed E-state index contributed by atoms with van der Waals surface area (Å²) in [5.41, 5.74) is 3.57. The predicted molar refractivity (Wildman–Crippen MR) is 152 cm³/mol. The Morgan fingerprint density at radius 1 is 1.19 bits per heavy atom. The largest absolute Gasteiger partial charge is 0.481 e. The van der Waals surface area contributed by atoms with Crippen molar-refractivity contribution in [3.05, 3.63) is 82.4 Å². The lowest BCUT2D eigenvalue weighted by Crippen LogP contribution is -2.50. The fourth-order valence-corrected chi connectivity index (χ4v) is 7.60. The number of halogens is 2. The number of aromatic nitrogens is 4. The zero-order valence-corrected chi connectivity index (χ0v) is 24.3. The number of rotatable bonds is 7. The number of ether oxygens (including phenoxy) is 1. The highest BCUT2D eigenvalue weighted by Gasteiger charge is 2.39. The number of benzene rings is 1. The van der Waals surface area contributed by atoms with E-state index in [9.17, 15) is 27.1 Å². The molecule has 0 spiro atoms. The maximum Gasteiger partial charge on any atom is 0.304 e. The van der Waals surface area contributed by atoms with Crippen molar-refractivity contribution in [2.24, 2.45) is 0 Å². The molecule has 0 aliphatic carbocycles. The summed E-state index contributed by atoms with van der Waals surface area (Å²) < 4.78 is 63.1. The number of nitrogens with zero attached hydrogens (tertiary/aromatic N) is 6. The number of hydrogen-bond acceptors (Lipinski definition) is 8. The van der Waals surface area contributed by atoms with Crippen LogP contribution in [0.15, 0.2) is 53.7 Å². The van der Waals surface area contributed by atoms with Gasteiger partial charge in [0.05, 0.1) is 25.7 Å². The minimum atomic E-state index is -3.93. The van der Waals surface area contributed by atoms with Gasteiger partial charge in [-0.1, -0.05) is 18.2 Å². The van der Waals surface area contributed by atoms with E-state index in [0.29, 0.717) is 47.8 Å². The second-order valence-electron chi connectivity index (χ2n) is 10.8. The third kappa shape index (κ3) is 5.23. The summed E-state index contributed by atoms with van der Waals surface area (Å²) in [7, 11) is -3.93. The van der Waals surface area contributed by atoms with Crippen molar-refractivity contribution >= 4 is 27.5 Å². The summed E-state index contributed by atoms with van der Waals surface area (Å²) in [5, 5.41) is 17.4. The topological polar surface area (TPSA) is 130 Å². The number of aryl methyl sites for hydroxylation is 2. The Hall–Kier alpha value is -4.01. The minimum absolute atomic E-state index is 0.0560. The fraction of sp³-hybridized carbons (Fsp3) is 0.379. The van der Waals surface area contributed by atoms with Crippen molar-refractivity contribution in [2.75, 3.05) is 31.2 Å². The number of alkyl halides is 2. The van der Waals surface area contributed by atoms with E-state index in [-0.39, 0.29) is 36.1 Å². The van der Waals surface area contributed by atoms with Crippen LogP contribution >= 0.6 is 0 Å². The van der Waals surface area contributed by atoms with Gasteiger partial charge in [-0.15, -0.1) is 10.2 Å². The van der Waals surface area contributed by atoms with E-state index < -0.39 is 34.2 Å². The second-order valence-corrected chi connectivity index (χ2v) is 12.7. The molecule has 2 aliphatic heterocycles. The highest BCUT2D eigenvalue weighted by molar-refractivity contribution is 7.89. The molecule has 14 heteroatoms. The Bertz CT molecular complexity index is 1810. The molecule has 3 aromatic heterocycles. The molecule has 2 aliphatic rings. The number of carboxylic acids is 1. The van der Waals surface area contributed by atoms with Gasteiger partial charge in [-0.05, 0) is 59.9 Å². The Kier molecular flexibility index (Phi) is 7.60. The summed E-state index contributed by atoms with van der Waals surface area (Å²) in [6, 6.07) is 10.1. The van der Waals surface area contributed by atoms with Crippen LogP contribution in [0, 0.1) is 13.8 Å². The molecular weight excluding hydrogens is 582 g/mol. The van der Waals surface area contributed by atoms with Crippen molar-refractivity contribution in [1.29, 1.82) is 0 Å². The van der Waals surface area contributed by atoms with Gasteiger partial charge in [0.1, 0.15) is 10.7 Å². The standard InChI is InChI=1S/C29H30F2N6O5S/c1-17-5-6-19(23(13-25(38)39)22-7-9-37-27(18(22)2)33-34-29(37)26(30)31)12-20(17)14-35-15-21-16-42-11-10-36(21)28-24(43(35,40)41)4-3-8-32-28/h3-9,12,21,23,26H,10-11,13-16H2,1-2H3,(H,38,39)/t21-,23+/m1/s1. The summed E-state index contributed by atoms with van der Waals surface area (Å²) in [6.07, 6.45) is -0.0823. The van der Waals surface area contributed by atoms with Crippen LogP contribution in [-0.4, -0.2) is 75.7 Å². The van der Waals surface area contributed by atoms with E-state index >= 15 is 0 Å². The molecule has 11 nitrogen and oxygen atoms in total. The van der Waals surface area contributed by atoms with Crippen molar-refractivity contribution in [3.63, 3.8) is 0 Å². The smallest absolute Gasteiger partial charge is 0.304 e. The van der Waals surface area contributed by atoms with Crippen LogP contribution in [0.4, 0.5) is 14.6 Å². The van der Waals surface area contributed by atoms with Crippen molar-refractivity contribution in [3.8, 4) is 0 Å². The number of aliphatic carboxylic acids is 1. The lowest BCUT2D eigenvalue weighted by molar-refractivity contribution is -0.137. The van der Waals surface area contributed by atoms with Gasteiger partial charge in [0.25, 0.3) is 6.43 Å². The number of carbonyl (C=O) groups is 1. The molecule has 43 heavy (non-hydrogen) atoms. The highest BCUT2D eigenvalue weighted by atomic mass is 32.2. The van der Waals surface area contributed by atoms with Gasteiger partial charge in [-0.2, -0.15) is 4.31 Å². The first kappa shape index (κ1) is 29.1. The Balaban J connectivity index is 1.40. The number of morpholine rings is 1. The third-order valence-corrected chi connectivity index (χ3v) is 10.1. The van der Waals surface area contributed by atoms with Gasteiger partial charge in [-0.3, -0.25) is 9.20 Å². The van der Waals surface area contributed by atoms with Gasteiger partial charge in [0, 0.05) is 37.9 Å².